The SMILES string of the molecule is CCCCCCCCCCCCCCCCCCCC(=O)OCCCCCCCCCCCCCCCCCCCCCCCCCCCCCC(=O)NC(CO)C(O)CCCCCCCCCCCCCCC. The molecule has 0 aromatic heterocycles. The fourth-order valence-electron chi connectivity index (χ4n) is 11.2. The Labute approximate surface area is 464 Å². The highest BCUT2D eigenvalue weighted by Crippen LogP contribution is 2.19. The number of ether oxygens (including phenoxy) is 1. The molecule has 6 nitrogen and oxygen atoms in total. The summed E-state index contributed by atoms with van der Waals surface area (Å²) in [5, 5.41) is 23.3. The Kier molecular flexibility index (Phi) is 63.4. The summed E-state index contributed by atoms with van der Waals surface area (Å²) in [6.07, 6.45) is 77.2. The molecule has 6 heteroatoms. The molecule has 0 bridgehead atoms. The second-order valence-electron chi connectivity index (χ2n) is 23.9. The van der Waals surface area contributed by atoms with Crippen molar-refractivity contribution in [3.63, 3.8) is 0 Å². The van der Waals surface area contributed by atoms with Crippen LogP contribution in [-0.2, 0) is 14.3 Å². The molecule has 74 heavy (non-hydrogen) atoms. The molecule has 442 valence electrons. The van der Waals surface area contributed by atoms with Crippen LogP contribution in [0.1, 0.15) is 399 Å². The van der Waals surface area contributed by atoms with Crippen LogP contribution in [0, 0.1) is 0 Å². The minimum atomic E-state index is -0.660. The fourth-order valence-corrected chi connectivity index (χ4v) is 11.2. The summed E-state index contributed by atoms with van der Waals surface area (Å²) in [5.74, 6) is -0.00632. The van der Waals surface area contributed by atoms with E-state index in [1.807, 2.05) is 0 Å². The van der Waals surface area contributed by atoms with Gasteiger partial charge in [0.15, 0.2) is 0 Å². The Bertz CT molecular complexity index is 1070. The van der Waals surface area contributed by atoms with Gasteiger partial charge in [-0.05, 0) is 25.7 Å². The summed E-state index contributed by atoms with van der Waals surface area (Å²) >= 11 is 0. The van der Waals surface area contributed by atoms with E-state index >= 15 is 0 Å². The molecule has 3 N–H and O–H groups in total. The van der Waals surface area contributed by atoms with Crippen LogP contribution in [0.2, 0.25) is 0 Å². The van der Waals surface area contributed by atoms with Crippen molar-refractivity contribution in [2.24, 2.45) is 0 Å². The molecule has 1 amide bonds. The first-order chi connectivity index (χ1) is 36.5. The van der Waals surface area contributed by atoms with E-state index in [0.717, 1.165) is 38.5 Å². The van der Waals surface area contributed by atoms with E-state index in [1.165, 1.54) is 327 Å². The van der Waals surface area contributed by atoms with Gasteiger partial charge in [-0.15, -0.1) is 0 Å². The molecule has 2 atom stereocenters. The van der Waals surface area contributed by atoms with Crippen molar-refractivity contribution in [3.05, 3.63) is 0 Å². The van der Waals surface area contributed by atoms with E-state index in [2.05, 4.69) is 19.2 Å². The van der Waals surface area contributed by atoms with Crippen LogP contribution in [0.4, 0.5) is 0 Å². The van der Waals surface area contributed by atoms with Gasteiger partial charge in [0.25, 0.3) is 0 Å². The topological polar surface area (TPSA) is 95.9 Å². The lowest BCUT2D eigenvalue weighted by molar-refractivity contribution is -0.143. The Morgan fingerprint density at radius 1 is 0.324 bits per heavy atom. The molecule has 0 heterocycles. The maximum absolute atomic E-state index is 12.5. The van der Waals surface area contributed by atoms with Crippen LogP contribution < -0.4 is 5.32 Å². The van der Waals surface area contributed by atoms with E-state index in [0.29, 0.717) is 25.9 Å². The van der Waals surface area contributed by atoms with Crippen molar-refractivity contribution in [1.82, 2.24) is 5.32 Å². The van der Waals surface area contributed by atoms with Crippen LogP contribution in [0.3, 0.4) is 0 Å². The summed E-state index contributed by atoms with van der Waals surface area (Å²) in [6, 6.07) is -0.537. The lowest BCUT2D eigenvalue weighted by Gasteiger charge is -2.22. The second-order valence-corrected chi connectivity index (χ2v) is 23.9. The van der Waals surface area contributed by atoms with E-state index in [-0.39, 0.29) is 18.5 Å². The van der Waals surface area contributed by atoms with Crippen LogP contribution >= 0.6 is 0 Å². The predicted octanol–water partition coefficient (Wildman–Crippen LogP) is 21.8. The zero-order valence-corrected chi connectivity index (χ0v) is 50.6. The molecule has 0 aliphatic heterocycles. The summed E-state index contributed by atoms with van der Waals surface area (Å²) in [4.78, 5) is 24.6. The van der Waals surface area contributed by atoms with Gasteiger partial charge in [-0.1, -0.05) is 361 Å². The number of unbranched alkanes of at least 4 members (excludes halogenated alkanes) is 54. The zero-order valence-electron chi connectivity index (χ0n) is 50.6. The third-order valence-corrected chi connectivity index (χ3v) is 16.4. The first-order valence-electron chi connectivity index (χ1n) is 34.3. The molecule has 0 rings (SSSR count). The maximum Gasteiger partial charge on any atom is 0.305 e. The van der Waals surface area contributed by atoms with Crippen molar-refractivity contribution in [2.45, 2.75) is 411 Å². The molecule has 0 aliphatic rings. The van der Waals surface area contributed by atoms with E-state index < -0.39 is 12.1 Å². The second kappa shape index (κ2) is 64.4. The predicted molar refractivity (Wildman–Crippen MR) is 324 cm³/mol. The largest absolute Gasteiger partial charge is 0.466 e. The van der Waals surface area contributed by atoms with Crippen LogP contribution in [0.15, 0.2) is 0 Å². The highest BCUT2D eigenvalue weighted by molar-refractivity contribution is 5.76. The van der Waals surface area contributed by atoms with Gasteiger partial charge >= 0.3 is 5.97 Å². The number of hydrogen-bond donors (Lipinski definition) is 3. The van der Waals surface area contributed by atoms with Crippen LogP contribution in [-0.4, -0.2) is 47.4 Å². The van der Waals surface area contributed by atoms with E-state index in [1.54, 1.807) is 0 Å². The number of esters is 1. The van der Waals surface area contributed by atoms with Gasteiger partial charge in [0.05, 0.1) is 25.4 Å². The van der Waals surface area contributed by atoms with Crippen molar-refractivity contribution in [3.8, 4) is 0 Å². The highest BCUT2D eigenvalue weighted by Gasteiger charge is 2.20. The molecule has 0 fully saturated rings. The molecule has 0 saturated heterocycles. The molecular weight excluding hydrogens is 911 g/mol. The Balaban J connectivity index is 3.31. The fraction of sp³-hybridized carbons (Fsp3) is 0.971. The van der Waals surface area contributed by atoms with Crippen LogP contribution in [0.5, 0.6) is 0 Å². The molecule has 0 aliphatic carbocycles. The van der Waals surface area contributed by atoms with Gasteiger partial charge in [0.1, 0.15) is 0 Å². The minimum Gasteiger partial charge on any atom is -0.466 e. The van der Waals surface area contributed by atoms with Crippen molar-refractivity contribution in [2.75, 3.05) is 13.2 Å². The average molecular weight is 1050 g/mol. The minimum absolute atomic E-state index is 0.0232. The van der Waals surface area contributed by atoms with E-state index in [4.69, 9.17) is 4.74 Å². The molecule has 2 unspecified atom stereocenters. The number of carbonyl (C=O) groups excluding carboxylic acids is 2. The number of amides is 1. The number of aliphatic hydroxyl groups excluding tert-OH is 2. The zero-order chi connectivity index (χ0) is 53.6. The van der Waals surface area contributed by atoms with Crippen molar-refractivity contribution in [1.29, 1.82) is 0 Å². The molecule has 0 radical (unpaired) electrons. The van der Waals surface area contributed by atoms with Crippen molar-refractivity contribution >= 4 is 11.9 Å². The third kappa shape index (κ3) is 60.1. The standard InChI is InChI=1S/C68H135NO5/c1-3-5-7-9-11-13-15-17-18-30-34-38-42-46-50-54-58-62-68(73)74-63-59-55-51-47-43-39-35-32-29-27-25-23-21-19-20-22-24-26-28-31-33-37-41-45-49-53-57-61-67(72)69-65(64-70)66(71)60-56-52-48-44-40-36-16-14-12-10-8-6-4-2/h65-66,70-71H,3-64H2,1-2H3,(H,69,72). The Hall–Kier alpha value is -1.14. The van der Waals surface area contributed by atoms with Gasteiger partial charge in [-0.25, -0.2) is 0 Å². The molecular formula is C68H135NO5. The summed E-state index contributed by atoms with van der Waals surface area (Å²) in [5.41, 5.74) is 0. The number of nitrogens with one attached hydrogen (secondary N) is 1. The van der Waals surface area contributed by atoms with Crippen molar-refractivity contribution < 1.29 is 24.5 Å². The molecule has 0 spiro atoms. The van der Waals surface area contributed by atoms with Crippen LogP contribution in [0.25, 0.3) is 0 Å². The molecule has 0 saturated carbocycles. The average Bonchev–Trinajstić information content (AvgIpc) is 3.40. The number of rotatable bonds is 65. The monoisotopic (exact) mass is 1050 g/mol. The highest BCUT2D eigenvalue weighted by atomic mass is 16.5. The van der Waals surface area contributed by atoms with Gasteiger partial charge < -0.3 is 20.3 Å². The third-order valence-electron chi connectivity index (χ3n) is 16.4. The summed E-state index contributed by atoms with van der Waals surface area (Å²) < 4.78 is 5.51. The first kappa shape index (κ1) is 72.9. The number of carbonyl (C=O) groups is 2. The van der Waals surface area contributed by atoms with Gasteiger partial charge in [-0.2, -0.15) is 0 Å². The van der Waals surface area contributed by atoms with Gasteiger partial charge in [0, 0.05) is 12.8 Å². The molecule has 0 aromatic rings. The number of aliphatic hydroxyl groups is 2. The lowest BCUT2D eigenvalue weighted by Crippen LogP contribution is -2.45. The first-order valence-corrected chi connectivity index (χ1v) is 34.3. The quantitative estimate of drug-likeness (QED) is 0.0417. The Morgan fingerprint density at radius 2 is 0.554 bits per heavy atom. The van der Waals surface area contributed by atoms with Gasteiger partial charge in [0.2, 0.25) is 5.91 Å². The smallest absolute Gasteiger partial charge is 0.305 e. The Morgan fingerprint density at radius 3 is 0.824 bits per heavy atom. The maximum atomic E-state index is 12.5. The molecule has 0 aromatic carbocycles. The summed E-state index contributed by atoms with van der Waals surface area (Å²) in [7, 11) is 0. The normalized spacial score (nSPS) is 12.4. The number of hydrogen-bond acceptors (Lipinski definition) is 5. The lowest BCUT2D eigenvalue weighted by atomic mass is 10.0. The van der Waals surface area contributed by atoms with Gasteiger partial charge in [-0.3, -0.25) is 9.59 Å². The van der Waals surface area contributed by atoms with E-state index in [9.17, 15) is 19.8 Å². The summed E-state index contributed by atoms with van der Waals surface area (Å²) in [6.45, 7) is 5.00.